The van der Waals surface area contributed by atoms with Crippen LogP contribution in [0.5, 0.6) is 0 Å². The molecule has 2 aromatic carbocycles. The average molecular weight is 597 g/mol. The first-order valence-corrected chi connectivity index (χ1v) is 14.6. The number of hydrogen-bond donors (Lipinski definition) is 5. The molecule has 0 aliphatic carbocycles. The van der Waals surface area contributed by atoms with Crippen LogP contribution < -0.4 is 21.3 Å². The van der Waals surface area contributed by atoms with Crippen molar-refractivity contribution in [2.45, 2.75) is 83.4 Å². The maximum absolute atomic E-state index is 13.7. The fourth-order valence-electron chi connectivity index (χ4n) is 4.93. The molecular formula is C32H44N4O7. The van der Waals surface area contributed by atoms with Crippen LogP contribution in [-0.4, -0.2) is 71.9 Å². The molecule has 5 atom stereocenters. The van der Waals surface area contributed by atoms with Crippen LogP contribution in [0.25, 0.3) is 0 Å². The van der Waals surface area contributed by atoms with Crippen molar-refractivity contribution in [3.63, 3.8) is 0 Å². The lowest BCUT2D eigenvalue weighted by Crippen LogP contribution is -2.59. The fourth-order valence-corrected chi connectivity index (χ4v) is 4.93. The largest absolute Gasteiger partial charge is 0.445 e. The summed E-state index contributed by atoms with van der Waals surface area (Å²) in [5, 5.41) is 20.9. The van der Waals surface area contributed by atoms with E-state index in [0.29, 0.717) is 13.0 Å². The lowest BCUT2D eigenvalue weighted by atomic mass is 9.98. The Morgan fingerprint density at radius 3 is 2.14 bits per heavy atom. The van der Waals surface area contributed by atoms with Crippen molar-refractivity contribution in [3.05, 3.63) is 71.8 Å². The molecule has 1 heterocycles. The summed E-state index contributed by atoms with van der Waals surface area (Å²) in [6.07, 6.45) is -0.550. The van der Waals surface area contributed by atoms with E-state index in [1.165, 1.54) is 0 Å². The molecule has 0 spiro atoms. The number of carbonyl (C=O) groups excluding carboxylic acids is 4. The molecule has 5 N–H and O–H groups in total. The summed E-state index contributed by atoms with van der Waals surface area (Å²) < 4.78 is 11.4. The van der Waals surface area contributed by atoms with Gasteiger partial charge in [-0.25, -0.2) is 4.79 Å². The summed E-state index contributed by atoms with van der Waals surface area (Å²) in [5.41, 5.74) is 0.949. The Balaban J connectivity index is 1.76. The molecular weight excluding hydrogens is 552 g/mol. The highest BCUT2D eigenvalue weighted by molar-refractivity contribution is 5.92. The van der Waals surface area contributed by atoms with Crippen molar-refractivity contribution >= 4 is 23.8 Å². The minimum atomic E-state index is -1.19. The summed E-state index contributed by atoms with van der Waals surface area (Å²) in [4.78, 5) is 52.1. The number of nitrogens with one attached hydrogen (secondary N) is 4. The van der Waals surface area contributed by atoms with Crippen LogP contribution in [-0.2, 0) is 36.9 Å². The fraction of sp³-hybridized carbons (Fsp3) is 0.500. The minimum Gasteiger partial charge on any atom is -0.445 e. The third kappa shape index (κ3) is 11.3. The van der Waals surface area contributed by atoms with E-state index in [4.69, 9.17) is 9.47 Å². The first kappa shape index (κ1) is 33.5. The van der Waals surface area contributed by atoms with E-state index < -0.39 is 47.7 Å². The van der Waals surface area contributed by atoms with Gasteiger partial charge in [0.1, 0.15) is 18.7 Å². The highest BCUT2D eigenvalue weighted by Gasteiger charge is 2.35. The maximum atomic E-state index is 13.7. The highest BCUT2D eigenvalue weighted by atomic mass is 16.6. The van der Waals surface area contributed by atoms with Gasteiger partial charge < -0.3 is 35.8 Å². The topological polar surface area (TPSA) is 155 Å². The molecule has 4 amide bonds. The van der Waals surface area contributed by atoms with Crippen LogP contribution in [0.2, 0.25) is 0 Å². The molecule has 1 fully saturated rings. The molecule has 1 saturated heterocycles. The van der Waals surface area contributed by atoms with Gasteiger partial charge in [0, 0.05) is 18.9 Å². The summed E-state index contributed by atoms with van der Waals surface area (Å²) in [5.74, 6) is -1.59. The molecule has 1 aliphatic heterocycles. The average Bonchev–Trinajstić information content (AvgIpc) is 3.37. The molecule has 3 rings (SSSR count). The Kier molecular flexibility index (Phi) is 12.5. The van der Waals surface area contributed by atoms with Crippen LogP contribution in [0.3, 0.4) is 0 Å². The Bertz CT molecular complexity index is 1200. The van der Waals surface area contributed by atoms with E-state index in [1.807, 2.05) is 81.4 Å². The number of amides is 4. The molecule has 11 nitrogen and oxygen atoms in total. The molecule has 1 aliphatic rings. The summed E-state index contributed by atoms with van der Waals surface area (Å²) in [6.45, 7) is 7.35. The van der Waals surface area contributed by atoms with Crippen LogP contribution in [0.15, 0.2) is 60.7 Å². The van der Waals surface area contributed by atoms with Gasteiger partial charge in [-0.05, 0) is 51.7 Å². The number of rotatable bonds is 14. The molecule has 0 saturated carbocycles. The third-order valence-corrected chi connectivity index (χ3v) is 6.99. The minimum absolute atomic E-state index is 0.0100. The zero-order valence-corrected chi connectivity index (χ0v) is 25.3. The smallest absolute Gasteiger partial charge is 0.408 e. The number of ether oxygens (including phenoxy) is 2. The molecule has 0 unspecified atom stereocenters. The quantitative estimate of drug-likeness (QED) is 0.224. The standard InChI is InChI=1S/C32H44N4O7/c1-21(43-32(2,3)4)27(36-31(41)42-20-23-13-9-6-10-14-23)30(40)35-26(17-22-11-7-5-8-12-22)29(39)34-25(19-37)18-24-15-16-33-28(24)38/h5-14,21,24-27,37H,15-20H2,1-4H3,(H,33,38)(H,34,39)(H,35,40)(H,36,41)/t21-,24+,25+,26+,27+/m1/s1. The van der Waals surface area contributed by atoms with Crippen molar-refractivity contribution < 1.29 is 33.8 Å². The van der Waals surface area contributed by atoms with Crippen LogP contribution in [0, 0.1) is 5.92 Å². The Morgan fingerprint density at radius 2 is 1.58 bits per heavy atom. The van der Waals surface area contributed by atoms with E-state index in [1.54, 1.807) is 6.92 Å². The summed E-state index contributed by atoms with van der Waals surface area (Å²) in [6, 6.07) is 15.4. The Labute approximate surface area is 253 Å². The van der Waals surface area contributed by atoms with E-state index in [-0.39, 0.29) is 37.9 Å². The van der Waals surface area contributed by atoms with E-state index in [0.717, 1.165) is 11.1 Å². The van der Waals surface area contributed by atoms with Gasteiger partial charge in [-0.1, -0.05) is 60.7 Å². The van der Waals surface area contributed by atoms with Crippen LogP contribution >= 0.6 is 0 Å². The van der Waals surface area contributed by atoms with E-state index >= 15 is 0 Å². The predicted molar refractivity (Wildman–Crippen MR) is 161 cm³/mol. The molecule has 11 heteroatoms. The van der Waals surface area contributed by atoms with Crippen molar-refractivity contribution in [1.29, 1.82) is 0 Å². The maximum Gasteiger partial charge on any atom is 0.408 e. The van der Waals surface area contributed by atoms with Gasteiger partial charge in [0.2, 0.25) is 17.7 Å². The van der Waals surface area contributed by atoms with Gasteiger partial charge in [-0.15, -0.1) is 0 Å². The van der Waals surface area contributed by atoms with Crippen molar-refractivity contribution in [1.82, 2.24) is 21.3 Å². The zero-order valence-electron chi connectivity index (χ0n) is 25.3. The lowest BCUT2D eigenvalue weighted by molar-refractivity contribution is -0.135. The molecule has 2 aromatic rings. The number of benzene rings is 2. The summed E-state index contributed by atoms with van der Waals surface area (Å²) >= 11 is 0. The zero-order chi connectivity index (χ0) is 31.4. The number of carbonyl (C=O) groups is 4. The monoisotopic (exact) mass is 596 g/mol. The molecule has 0 aromatic heterocycles. The van der Waals surface area contributed by atoms with E-state index in [2.05, 4.69) is 21.3 Å². The number of aliphatic hydroxyl groups excluding tert-OH is 1. The number of hydrogen-bond acceptors (Lipinski definition) is 7. The van der Waals surface area contributed by atoms with Gasteiger partial charge in [0.15, 0.2) is 0 Å². The van der Waals surface area contributed by atoms with Crippen molar-refractivity contribution in [3.8, 4) is 0 Å². The van der Waals surface area contributed by atoms with Gasteiger partial charge in [0.25, 0.3) is 0 Å². The number of aliphatic hydroxyl groups is 1. The van der Waals surface area contributed by atoms with Crippen LogP contribution in [0.1, 0.15) is 51.7 Å². The SMILES string of the molecule is C[C@@H](OC(C)(C)C)[C@H](NC(=O)OCc1ccccc1)C(=O)N[C@@H](Cc1ccccc1)C(=O)N[C@H](CO)C[C@@H]1CCNC1=O. The second kappa shape index (κ2) is 16.0. The normalized spacial score (nSPS) is 17.6. The molecule has 0 radical (unpaired) electrons. The molecule has 43 heavy (non-hydrogen) atoms. The van der Waals surface area contributed by atoms with E-state index in [9.17, 15) is 24.3 Å². The Hall–Kier alpha value is -3.96. The number of alkyl carbamates (subject to hydrolysis) is 1. The molecule has 0 bridgehead atoms. The highest BCUT2D eigenvalue weighted by Crippen LogP contribution is 2.17. The first-order chi connectivity index (χ1) is 20.4. The third-order valence-electron chi connectivity index (χ3n) is 6.99. The molecule has 234 valence electrons. The van der Waals surface area contributed by atoms with Gasteiger partial charge in [0.05, 0.1) is 24.4 Å². The lowest BCUT2D eigenvalue weighted by Gasteiger charge is -2.31. The predicted octanol–water partition coefficient (Wildman–Crippen LogP) is 2.22. The van der Waals surface area contributed by atoms with Gasteiger partial charge >= 0.3 is 6.09 Å². The van der Waals surface area contributed by atoms with Gasteiger partial charge in [-0.2, -0.15) is 0 Å². The summed E-state index contributed by atoms with van der Waals surface area (Å²) in [7, 11) is 0. The second-order valence-corrected chi connectivity index (χ2v) is 11.8. The second-order valence-electron chi connectivity index (χ2n) is 11.8. The Morgan fingerprint density at radius 1 is 0.953 bits per heavy atom. The van der Waals surface area contributed by atoms with Gasteiger partial charge in [-0.3, -0.25) is 14.4 Å². The first-order valence-electron chi connectivity index (χ1n) is 14.6. The van der Waals surface area contributed by atoms with Crippen LogP contribution in [0.4, 0.5) is 4.79 Å². The van der Waals surface area contributed by atoms with Crippen molar-refractivity contribution in [2.75, 3.05) is 13.2 Å². The van der Waals surface area contributed by atoms with Crippen molar-refractivity contribution in [2.24, 2.45) is 5.92 Å².